The van der Waals surface area contributed by atoms with Crippen molar-refractivity contribution in [2.24, 2.45) is 0 Å². The summed E-state index contributed by atoms with van der Waals surface area (Å²) in [4.78, 5) is 10.9. The largest absolute Gasteiger partial charge is 0.357 e. The molecular formula is C6H9N3O2. The fraction of sp³-hybridized carbons (Fsp3) is 0.333. The summed E-state index contributed by atoms with van der Waals surface area (Å²) in [5, 5.41) is 8.65. The molecule has 1 aromatic heterocycles. The number of nitrogens with zero attached hydrogens (tertiary/aromatic N) is 1. The van der Waals surface area contributed by atoms with E-state index in [2.05, 4.69) is 15.8 Å². The molecule has 1 rings (SSSR count). The summed E-state index contributed by atoms with van der Waals surface area (Å²) in [5.41, 5.74) is 0.275. The van der Waals surface area contributed by atoms with Gasteiger partial charge in [-0.25, -0.2) is 0 Å². The summed E-state index contributed by atoms with van der Waals surface area (Å²) >= 11 is 0. The highest BCUT2D eigenvalue weighted by molar-refractivity contribution is 5.92. The molecule has 1 aromatic rings. The van der Waals surface area contributed by atoms with E-state index >= 15 is 0 Å². The zero-order valence-corrected chi connectivity index (χ0v) is 6.34. The Labute approximate surface area is 63.8 Å². The van der Waals surface area contributed by atoms with Crippen LogP contribution < -0.4 is 10.6 Å². The van der Waals surface area contributed by atoms with Gasteiger partial charge in [0, 0.05) is 20.2 Å². The Morgan fingerprint density at radius 2 is 2.36 bits per heavy atom. The van der Waals surface area contributed by atoms with Gasteiger partial charge >= 0.3 is 0 Å². The Morgan fingerprint density at radius 3 is 2.82 bits per heavy atom. The average Bonchev–Trinajstić information content (AvgIpc) is 2.50. The predicted molar refractivity (Wildman–Crippen MR) is 39.4 cm³/mol. The summed E-state index contributed by atoms with van der Waals surface area (Å²) in [6.45, 7) is 0. The molecule has 0 aliphatic heterocycles. The molecule has 0 aromatic carbocycles. The molecule has 0 saturated heterocycles. The molecule has 0 bridgehead atoms. The highest BCUT2D eigenvalue weighted by atomic mass is 16.5. The molecule has 0 aliphatic rings. The molecule has 5 heteroatoms. The maximum absolute atomic E-state index is 10.9. The lowest BCUT2D eigenvalue weighted by atomic mass is 10.4. The minimum atomic E-state index is -0.254. The first-order valence-corrected chi connectivity index (χ1v) is 3.14. The van der Waals surface area contributed by atoms with Gasteiger partial charge in [-0.3, -0.25) is 4.79 Å². The molecule has 0 radical (unpaired) electrons. The van der Waals surface area contributed by atoms with E-state index in [0.717, 1.165) is 0 Å². The summed E-state index contributed by atoms with van der Waals surface area (Å²) < 4.78 is 4.71. The standard InChI is InChI=1S/C6H9N3O2/c1-7-5-3-4(9-11-5)6(10)8-2/h3,7H,1-2H3,(H,8,10). The lowest BCUT2D eigenvalue weighted by Crippen LogP contribution is -2.17. The first-order valence-electron chi connectivity index (χ1n) is 3.14. The van der Waals surface area contributed by atoms with Crippen LogP contribution in [0.4, 0.5) is 5.88 Å². The SMILES string of the molecule is CNC(=O)c1cc(NC)on1. The monoisotopic (exact) mass is 155 g/mol. The van der Waals surface area contributed by atoms with Gasteiger partial charge in [0.1, 0.15) is 0 Å². The topological polar surface area (TPSA) is 67.2 Å². The second-order valence-electron chi connectivity index (χ2n) is 1.91. The number of aromatic nitrogens is 1. The summed E-state index contributed by atoms with van der Waals surface area (Å²) in [5.74, 6) is 0.221. The summed E-state index contributed by atoms with van der Waals surface area (Å²) in [6, 6.07) is 1.53. The predicted octanol–water partition coefficient (Wildman–Crippen LogP) is 0.0759. The van der Waals surface area contributed by atoms with Crippen LogP contribution in [0.5, 0.6) is 0 Å². The third kappa shape index (κ3) is 1.49. The van der Waals surface area contributed by atoms with Crippen molar-refractivity contribution in [2.45, 2.75) is 0 Å². The lowest BCUT2D eigenvalue weighted by Gasteiger charge is -1.88. The number of hydrogen-bond donors (Lipinski definition) is 2. The molecular weight excluding hydrogens is 146 g/mol. The van der Waals surface area contributed by atoms with Crippen molar-refractivity contribution in [1.29, 1.82) is 0 Å². The van der Waals surface area contributed by atoms with Crippen molar-refractivity contribution in [3.8, 4) is 0 Å². The van der Waals surface area contributed by atoms with Crippen LogP contribution >= 0.6 is 0 Å². The minimum absolute atomic E-state index is 0.254. The van der Waals surface area contributed by atoms with E-state index in [-0.39, 0.29) is 11.6 Å². The summed E-state index contributed by atoms with van der Waals surface area (Å²) in [7, 11) is 3.23. The van der Waals surface area contributed by atoms with E-state index < -0.39 is 0 Å². The van der Waals surface area contributed by atoms with Gasteiger partial charge in [0.2, 0.25) is 5.88 Å². The van der Waals surface area contributed by atoms with Gasteiger partial charge in [-0.1, -0.05) is 5.16 Å². The Balaban J connectivity index is 2.80. The molecule has 0 saturated carbocycles. The molecule has 0 spiro atoms. The summed E-state index contributed by atoms with van der Waals surface area (Å²) in [6.07, 6.45) is 0. The lowest BCUT2D eigenvalue weighted by molar-refractivity contribution is 0.0954. The Morgan fingerprint density at radius 1 is 1.64 bits per heavy atom. The molecule has 2 N–H and O–H groups in total. The normalized spacial score (nSPS) is 9.27. The zero-order chi connectivity index (χ0) is 8.27. The van der Waals surface area contributed by atoms with Gasteiger partial charge in [-0.2, -0.15) is 0 Å². The third-order valence-corrected chi connectivity index (χ3v) is 1.22. The fourth-order valence-corrected chi connectivity index (χ4v) is 0.628. The van der Waals surface area contributed by atoms with Crippen molar-refractivity contribution in [2.75, 3.05) is 19.4 Å². The van der Waals surface area contributed by atoms with E-state index in [4.69, 9.17) is 4.52 Å². The highest BCUT2D eigenvalue weighted by Crippen LogP contribution is 2.07. The Hall–Kier alpha value is -1.52. The molecule has 11 heavy (non-hydrogen) atoms. The van der Waals surface area contributed by atoms with Crippen LogP contribution in [0.15, 0.2) is 10.6 Å². The van der Waals surface area contributed by atoms with E-state index in [1.807, 2.05) is 0 Å². The van der Waals surface area contributed by atoms with Crippen LogP contribution in [0.3, 0.4) is 0 Å². The van der Waals surface area contributed by atoms with Crippen LogP contribution in [0.25, 0.3) is 0 Å². The molecule has 1 heterocycles. The number of nitrogens with one attached hydrogen (secondary N) is 2. The number of anilines is 1. The fourth-order valence-electron chi connectivity index (χ4n) is 0.628. The quantitative estimate of drug-likeness (QED) is 0.634. The van der Waals surface area contributed by atoms with Crippen molar-refractivity contribution in [1.82, 2.24) is 10.5 Å². The average molecular weight is 155 g/mol. The highest BCUT2D eigenvalue weighted by Gasteiger charge is 2.08. The number of carbonyl (C=O) groups excluding carboxylic acids is 1. The van der Waals surface area contributed by atoms with Crippen LogP contribution in [-0.4, -0.2) is 25.2 Å². The van der Waals surface area contributed by atoms with E-state index in [1.54, 1.807) is 7.05 Å². The first-order chi connectivity index (χ1) is 5.27. The molecule has 0 atom stereocenters. The maximum atomic E-state index is 10.9. The van der Waals surface area contributed by atoms with Gasteiger partial charge in [-0.15, -0.1) is 0 Å². The molecule has 0 fully saturated rings. The van der Waals surface area contributed by atoms with Crippen LogP contribution in [0, 0.1) is 0 Å². The number of amides is 1. The third-order valence-electron chi connectivity index (χ3n) is 1.22. The van der Waals surface area contributed by atoms with Crippen LogP contribution in [0.1, 0.15) is 10.5 Å². The number of rotatable bonds is 2. The second-order valence-corrected chi connectivity index (χ2v) is 1.91. The van der Waals surface area contributed by atoms with Gasteiger partial charge in [0.25, 0.3) is 5.91 Å². The smallest absolute Gasteiger partial charge is 0.273 e. The van der Waals surface area contributed by atoms with Gasteiger partial charge in [0.15, 0.2) is 5.69 Å². The molecule has 0 aliphatic carbocycles. The van der Waals surface area contributed by atoms with E-state index in [9.17, 15) is 4.79 Å². The Kier molecular flexibility index (Phi) is 2.10. The van der Waals surface area contributed by atoms with Gasteiger partial charge in [-0.05, 0) is 0 Å². The van der Waals surface area contributed by atoms with E-state index in [1.165, 1.54) is 13.1 Å². The molecule has 0 unspecified atom stereocenters. The number of carbonyl (C=O) groups is 1. The Bertz CT molecular complexity index is 256. The van der Waals surface area contributed by atoms with Gasteiger partial charge < -0.3 is 15.2 Å². The van der Waals surface area contributed by atoms with Crippen molar-refractivity contribution in [3.63, 3.8) is 0 Å². The van der Waals surface area contributed by atoms with Crippen molar-refractivity contribution >= 4 is 11.8 Å². The van der Waals surface area contributed by atoms with Crippen LogP contribution in [-0.2, 0) is 0 Å². The zero-order valence-electron chi connectivity index (χ0n) is 6.34. The number of hydrogen-bond acceptors (Lipinski definition) is 4. The van der Waals surface area contributed by atoms with Crippen molar-refractivity contribution in [3.05, 3.63) is 11.8 Å². The van der Waals surface area contributed by atoms with E-state index in [0.29, 0.717) is 5.88 Å². The van der Waals surface area contributed by atoms with Crippen molar-refractivity contribution < 1.29 is 9.32 Å². The minimum Gasteiger partial charge on any atom is -0.357 e. The van der Waals surface area contributed by atoms with Gasteiger partial charge in [0.05, 0.1) is 0 Å². The van der Waals surface area contributed by atoms with Crippen LogP contribution in [0.2, 0.25) is 0 Å². The molecule has 1 amide bonds. The first kappa shape index (κ1) is 7.59. The molecule has 5 nitrogen and oxygen atoms in total. The maximum Gasteiger partial charge on any atom is 0.273 e. The second kappa shape index (κ2) is 3.05. The molecule has 60 valence electrons.